The molecular weight excluding hydrogens is 492 g/mol. The third-order valence-electron chi connectivity index (χ3n) is 6.67. The first kappa shape index (κ1) is 23.7. The van der Waals surface area contributed by atoms with Crippen LogP contribution in [0, 0.1) is 0 Å². The van der Waals surface area contributed by atoms with Crippen molar-refractivity contribution < 1.29 is 13.2 Å². The van der Waals surface area contributed by atoms with Crippen molar-refractivity contribution in [2.75, 3.05) is 46.3 Å². The van der Waals surface area contributed by atoms with Crippen molar-refractivity contribution >= 4 is 49.6 Å². The average molecular weight is 519 g/mol. The Labute approximate surface area is 209 Å². The lowest BCUT2D eigenvalue weighted by molar-refractivity contribution is 0.0697. The van der Waals surface area contributed by atoms with Crippen molar-refractivity contribution in [1.29, 1.82) is 0 Å². The number of fused-ring (bicyclic) bond motifs is 1. The van der Waals surface area contributed by atoms with Gasteiger partial charge in [-0.25, -0.2) is 13.4 Å². The summed E-state index contributed by atoms with van der Waals surface area (Å²) in [6.45, 7) is 3.33. The summed E-state index contributed by atoms with van der Waals surface area (Å²) in [6.07, 6.45) is 4.12. The number of piperazine rings is 1. The van der Waals surface area contributed by atoms with Crippen LogP contribution in [0.5, 0.6) is 0 Å². The number of thiazole rings is 1. The fourth-order valence-corrected chi connectivity index (χ4v) is 7.39. The van der Waals surface area contributed by atoms with Crippen molar-refractivity contribution in [3.8, 4) is 0 Å². The Hall–Kier alpha value is -2.04. The van der Waals surface area contributed by atoms with Crippen LogP contribution < -0.4 is 0 Å². The lowest BCUT2D eigenvalue weighted by Crippen LogP contribution is -2.50. The average Bonchev–Trinajstić information content (AvgIpc) is 3.34. The summed E-state index contributed by atoms with van der Waals surface area (Å²) in [5.74, 6) is 0.317. The van der Waals surface area contributed by atoms with Gasteiger partial charge >= 0.3 is 0 Å². The van der Waals surface area contributed by atoms with Gasteiger partial charge in [0.1, 0.15) is 0 Å². The zero-order valence-electron chi connectivity index (χ0n) is 19.0. The normalized spacial score (nSPS) is 20.6. The van der Waals surface area contributed by atoms with Gasteiger partial charge in [-0.2, -0.15) is 4.31 Å². The Morgan fingerprint density at radius 3 is 2.56 bits per heavy atom. The third-order valence-corrected chi connectivity index (χ3v) is 9.95. The summed E-state index contributed by atoms with van der Waals surface area (Å²) in [4.78, 5) is 22.9. The molecule has 3 aromatic rings. The number of benzene rings is 2. The molecule has 3 heterocycles. The SMILES string of the molecule is CN1CCCC(c2cnc(C(=O)N3CCN(S(=O)(=O)c4ccc5cc(Cl)ccc5c4)CC3)s2)C1. The molecule has 0 radical (unpaired) electrons. The zero-order chi connectivity index (χ0) is 23.9. The van der Waals surface area contributed by atoms with Crippen LogP contribution in [0.25, 0.3) is 10.8 Å². The molecule has 7 nitrogen and oxygen atoms in total. The van der Waals surface area contributed by atoms with E-state index < -0.39 is 10.0 Å². The standard InChI is InChI=1S/C24H27ClN4O3S2/c1-27-8-2-3-19(16-27)22-15-26-23(33-22)24(30)28-9-11-29(12-10-28)34(31,32)21-7-5-17-13-20(25)6-4-18(17)14-21/h4-7,13-15,19H,2-3,8-12,16H2,1H3. The van der Waals surface area contributed by atoms with E-state index in [1.165, 1.54) is 15.6 Å². The van der Waals surface area contributed by atoms with Crippen molar-refractivity contribution in [3.63, 3.8) is 0 Å². The van der Waals surface area contributed by atoms with Crippen molar-refractivity contribution in [2.45, 2.75) is 23.7 Å². The summed E-state index contributed by atoms with van der Waals surface area (Å²) >= 11 is 7.51. The number of nitrogens with zero attached hydrogens (tertiary/aromatic N) is 4. The van der Waals surface area contributed by atoms with Crippen LogP contribution >= 0.6 is 22.9 Å². The van der Waals surface area contributed by atoms with Gasteiger partial charge in [-0.15, -0.1) is 11.3 Å². The Bertz CT molecular complexity index is 1320. The number of carbonyl (C=O) groups excluding carboxylic acids is 1. The molecule has 1 unspecified atom stereocenters. The monoisotopic (exact) mass is 518 g/mol. The highest BCUT2D eigenvalue weighted by Crippen LogP contribution is 2.31. The predicted molar refractivity (Wildman–Crippen MR) is 135 cm³/mol. The molecule has 0 bridgehead atoms. The molecule has 34 heavy (non-hydrogen) atoms. The van der Waals surface area contributed by atoms with E-state index in [0.717, 1.165) is 41.6 Å². The number of halogens is 1. The van der Waals surface area contributed by atoms with Crippen LogP contribution in [0.1, 0.15) is 33.4 Å². The number of likely N-dealkylation sites (N-methyl/N-ethyl adjacent to an activating group) is 1. The molecule has 2 aliphatic rings. The number of carbonyl (C=O) groups is 1. The molecule has 0 N–H and O–H groups in total. The Kier molecular flexibility index (Phi) is 6.65. The second-order valence-corrected chi connectivity index (χ2v) is 12.5. The van der Waals surface area contributed by atoms with Gasteiger partial charge in [0.2, 0.25) is 10.0 Å². The highest BCUT2D eigenvalue weighted by atomic mass is 35.5. The van der Waals surface area contributed by atoms with E-state index >= 15 is 0 Å². The molecule has 2 aromatic carbocycles. The minimum atomic E-state index is -3.65. The van der Waals surface area contributed by atoms with Crippen LogP contribution in [0.3, 0.4) is 0 Å². The maximum atomic E-state index is 13.2. The van der Waals surface area contributed by atoms with Crippen LogP contribution in [-0.2, 0) is 10.0 Å². The van der Waals surface area contributed by atoms with Gasteiger partial charge < -0.3 is 9.80 Å². The summed E-state index contributed by atoms with van der Waals surface area (Å²) in [6, 6.07) is 10.5. The highest BCUT2D eigenvalue weighted by Gasteiger charge is 2.32. The number of rotatable bonds is 4. The summed E-state index contributed by atoms with van der Waals surface area (Å²) in [5, 5.41) is 2.82. The summed E-state index contributed by atoms with van der Waals surface area (Å²) in [5.41, 5.74) is 0. The van der Waals surface area contributed by atoms with E-state index in [1.807, 2.05) is 18.3 Å². The van der Waals surface area contributed by atoms with Crippen LogP contribution in [0.2, 0.25) is 5.02 Å². The minimum Gasteiger partial charge on any atom is -0.334 e. The van der Waals surface area contributed by atoms with Crippen molar-refractivity contribution in [3.05, 3.63) is 57.5 Å². The second kappa shape index (κ2) is 9.54. The molecule has 2 fully saturated rings. The van der Waals surface area contributed by atoms with Crippen molar-refractivity contribution in [2.24, 2.45) is 0 Å². The fraction of sp³-hybridized carbons (Fsp3) is 0.417. The molecule has 1 amide bonds. The molecule has 0 aliphatic carbocycles. The largest absolute Gasteiger partial charge is 0.334 e. The molecule has 2 aliphatic heterocycles. The zero-order valence-corrected chi connectivity index (χ0v) is 21.4. The van der Waals surface area contributed by atoms with Gasteiger partial charge in [0.15, 0.2) is 5.01 Å². The van der Waals surface area contributed by atoms with Crippen LogP contribution in [-0.4, -0.2) is 79.7 Å². The van der Waals surface area contributed by atoms with Gasteiger partial charge in [-0.1, -0.05) is 23.7 Å². The molecule has 10 heteroatoms. The number of hydrogen-bond acceptors (Lipinski definition) is 6. The van der Waals surface area contributed by atoms with Gasteiger partial charge in [0, 0.05) is 54.7 Å². The van der Waals surface area contributed by atoms with Gasteiger partial charge in [0.05, 0.1) is 4.90 Å². The van der Waals surface area contributed by atoms with E-state index in [9.17, 15) is 13.2 Å². The Morgan fingerprint density at radius 1 is 1.06 bits per heavy atom. The van der Waals surface area contributed by atoms with Gasteiger partial charge in [0.25, 0.3) is 5.91 Å². The molecule has 1 aromatic heterocycles. The van der Waals surface area contributed by atoms with Crippen molar-refractivity contribution in [1.82, 2.24) is 19.1 Å². The number of sulfonamides is 1. The number of aromatic nitrogens is 1. The number of piperidine rings is 1. The van der Waals surface area contributed by atoms with Crippen LogP contribution in [0.15, 0.2) is 47.5 Å². The minimum absolute atomic E-state index is 0.111. The van der Waals surface area contributed by atoms with E-state index in [2.05, 4.69) is 16.9 Å². The van der Waals surface area contributed by atoms with E-state index in [1.54, 1.807) is 29.2 Å². The number of amides is 1. The molecule has 2 saturated heterocycles. The molecule has 1 atom stereocenters. The van der Waals surface area contributed by atoms with E-state index in [0.29, 0.717) is 29.0 Å². The first-order valence-electron chi connectivity index (χ1n) is 11.4. The topological polar surface area (TPSA) is 73.8 Å². The third kappa shape index (κ3) is 4.72. The maximum absolute atomic E-state index is 13.2. The molecule has 180 valence electrons. The lowest BCUT2D eigenvalue weighted by Gasteiger charge is -2.33. The summed E-state index contributed by atoms with van der Waals surface area (Å²) < 4.78 is 27.9. The molecule has 5 rings (SSSR count). The quantitative estimate of drug-likeness (QED) is 0.523. The van der Waals surface area contributed by atoms with E-state index in [4.69, 9.17) is 11.6 Å². The second-order valence-electron chi connectivity index (χ2n) is 9.02. The van der Waals surface area contributed by atoms with Gasteiger partial charge in [-0.3, -0.25) is 4.79 Å². The molecule has 0 saturated carbocycles. The Balaban J connectivity index is 1.24. The van der Waals surface area contributed by atoms with Crippen LogP contribution in [0.4, 0.5) is 0 Å². The smallest absolute Gasteiger partial charge is 0.282 e. The number of hydrogen-bond donors (Lipinski definition) is 0. The predicted octanol–water partition coefficient (Wildman–Crippen LogP) is 3.91. The molecular formula is C24H27ClN4O3S2. The highest BCUT2D eigenvalue weighted by molar-refractivity contribution is 7.89. The van der Waals surface area contributed by atoms with Gasteiger partial charge in [-0.05, 0) is 61.5 Å². The van der Waals surface area contributed by atoms with E-state index in [-0.39, 0.29) is 23.9 Å². The number of likely N-dealkylation sites (tertiary alicyclic amines) is 1. The maximum Gasteiger partial charge on any atom is 0.282 e. The lowest BCUT2D eigenvalue weighted by atomic mass is 9.97. The Morgan fingerprint density at radius 2 is 1.79 bits per heavy atom. The fourth-order valence-electron chi connectivity index (χ4n) is 4.74. The first-order chi connectivity index (χ1) is 16.3. The first-order valence-corrected chi connectivity index (χ1v) is 14.1. The molecule has 0 spiro atoms. The summed E-state index contributed by atoms with van der Waals surface area (Å²) in [7, 11) is -1.52.